The summed E-state index contributed by atoms with van der Waals surface area (Å²) in [5.41, 5.74) is 0.800. The Labute approximate surface area is 80.9 Å². The first-order chi connectivity index (χ1) is 6.61. The first kappa shape index (κ1) is 8.98. The molecule has 14 heavy (non-hydrogen) atoms. The van der Waals surface area contributed by atoms with Gasteiger partial charge in [-0.15, -0.1) is 5.10 Å². The third-order valence-electron chi connectivity index (χ3n) is 2.61. The SMILES string of the molecule is CC1(CNc2cn[nH]c2[N+](=O)[O-])CC1. The van der Waals surface area contributed by atoms with Gasteiger partial charge in [0.25, 0.3) is 0 Å². The van der Waals surface area contributed by atoms with Crippen molar-refractivity contribution in [2.24, 2.45) is 5.41 Å². The molecule has 0 aliphatic heterocycles. The van der Waals surface area contributed by atoms with Crippen molar-refractivity contribution in [3.63, 3.8) is 0 Å². The van der Waals surface area contributed by atoms with Crippen LogP contribution in [0.1, 0.15) is 19.8 Å². The highest BCUT2D eigenvalue weighted by molar-refractivity contribution is 5.55. The molecule has 1 aliphatic rings. The summed E-state index contributed by atoms with van der Waals surface area (Å²) >= 11 is 0. The van der Waals surface area contributed by atoms with Crippen LogP contribution in [0.2, 0.25) is 0 Å². The summed E-state index contributed by atoms with van der Waals surface area (Å²) in [6.07, 6.45) is 3.82. The molecule has 0 saturated heterocycles. The molecule has 1 heterocycles. The van der Waals surface area contributed by atoms with Gasteiger partial charge in [0.2, 0.25) is 0 Å². The fraction of sp³-hybridized carbons (Fsp3) is 0.625. The highest BCUT2D eigenvalue weighted by Gasteiger charge is 2.37. The minimum atomic E-state index is -0.468. The average molecular weight is 196 g/mol. The van der Waals surface area contributed by atoms with Gasteiger partial charge in [-0.2, -0.15) is 0 Å². The highest BCUT2D eigenvalue weighted by atomic mass is 16.6. The second-order valence-electron chi connectivity index (χ2n) is 4.05. The molecule has 1 saturated carbocycles. The minimum Gasteiger partial charge on any atom is -0.376 e. The van der Waals surface area contributed by atoms with Gasteiger partial charge in [0, 0.05) is 6.54 Å². The molecule has 2 N–H and O–H groups in total. The van der Waals surface area contributed by atoms with Crippen molar-refractivity contribution >= 4 is 11.5 Å². The van der Waals surface area contributed by atoms with Crippen molar-refractivity contribution in [2.75, 3.05) is 11.9 Å². The van der Waals surface area contributed by atoms with E-state index in [1.54, 1.807) is 0 Å². The molecule has 1 aromatic heterocycles. The monoisotopic (exact) mass is 196 g/mol. The zero-order valence-electron chi connectivity index (χ0n) is 7.91. The zero-order valence-corrected chi connectivity index (χ0v) is 7.91. The molecule has 0 radical (unpaired) electrons. The van der Waals surface area contributed by atoms with Gasteiger partial charge < -0.3 is 15.4 Å². The number of nitrogens with zero attached hydrogens (tertiary/aromatic N) is 2. The molecule has 0 amide bonds. The summed E-state index contributed by atoms with van der Waals surface area (Å²) in [5, 5.41) is 19.5. The highest BCUT2D eigenvalue weighted by Crippen LogP contribution is 2.45. The van der Waals surface area contributed by atoms with Crippen molar-refractivity contribution in [2.45, 2.75) is 19.8 Å². The van der Waals surface area contributed by atoms with E-state index in [2.05, 4.69) is 22.4 Å². The molecule has 0 bridgehead atoms. The molecule has 0 spiro atoms. The average Bonchev–Trinajstić information content (AvgIpc) is 2.68. The van der Waals surface area contributed by atoms with Gasteiger partial charge >= 0.3 is 5.82 Å². The molecule has 0 atom stereocenters. The molecule has 0 aromatic carbocycles. The topological polar surface area (TPSA) is 83.8 Å². The van der Waals surface area contributed by atoms with Crippen LogP contribution >= 0.6 is 0 Å². The van der Waals surface area contributed by atoms with Crippen LogP contribution in [0.4, 0.5) is 11.5 Å². The van der Waals surface area contributed by atoms with Crippen molar-refractivity contribution in [3.8, 4) is 0 Å². The van der Waals surface area contributed by atoms with Gasteiger partial charge in [-0.05, 0) is 23.2 Å². The number of aromatic nitrogens is 2. The van der Waals surface area contributed by atoms with Crippen molar-refractivity contribution in [1.29, 1.82) is 0 Å². The second-order valence-corrected chi connectivity index (χ2v) is 4.05. The van der Waals surface area contributed by atoms with Gasteiger partial charge in [0.1, 0.15) is 6.20 Å². The van der Waals surface area contributed by atoms with E-state index >= 15 is 0 Å². The number of rotatable bonds is 4. The predicted molar refractivity (Wildman–Crippen MR) is 51.1 cm³/mol. The van der Waals surface area contributed by atoms with Gasteiger partial charge in [-0.25, -0.2) is 0 Å². The molecular weight excluding hydrogens is 184 g/mol. The second kappa shape index (κ2) is 2.97. The fourth-order valence-corrected chi connectivity index (χ4v) is 1.25. The minimum absolute atomic E-state index is 0.0609. The Morgan fingerprint density at radius 3 is 3.07 bits per heavy atom. The summed E-state index contributed by atoms with van der Waals surface area (Å²) in [6.45, 7) is 2.93. The van der Waals surface area contributed by atoms with E-state index in [0.29, 0.717) is 11.1 Å². The first-order valence-corrected chi connectivity index (χ1v) is 4.52. The Balaban J connectivity index is 2.01. The van der Waals surface area contributed by atoms with Gasteiger partial charge in [0.05, 0.1) is 0 Å². The quantitative estimate of drug-likeness (QED) is 0.565. The van der Waals surface area contributed by atoms with Crippen LogP contribution in [0.25, 0.3) is 0 Å². The Kier molecular flexibility index (Phi) is 1.90. The third-order valence-corrected chi connectivity index (χ3v) is 2.61. The molecule has 76 valence electrons. The van der Waals surface area contributed by atoms with Gasteiger partial charge in [-0.1, -0.05) is 12.0 Å². The lowest BCUT2D eigenvalue weighted by Crippen LogP contribution is -2.12. The fourth-order valence-electron chi connectivity index (χ4n) is 1.25. The Morgan fingerprint density at radius 1 is 1.79 bits per heavy atom. The van der Waals surface area contributed by atoms with E-state index in [1.165, 1.54) is 19.0 Å². The Morgan fingerprint density at radius 2 is 2.50 bits per heavy atom. The number of hydrogen-bond acceptors (Lipinski definition) is 4. The van der Waals surface area contributed by atoms with Crippen molar-refractivity contribution < 1.29 is 4.92 Å². The van der Waals surface area contributed by atoms with E-state index in [1.807, 2.05) is 0 Å². The maximum Gasteiger partial charge on any atom is 0.366 e. The van der Waals surface area contributed by atoms with E-state index in [0.717, 1.165) is 6.54 Å². The van der Waals surface area contributed by atoms with Gasteiger partial charge in [-0.3, -0.25) is 0 Å². The number of anilines is 1. The summed E-state index contributed by atoms with van der Waals surface area (Å²) in [5.74, 6) is -0.0609. The number of nitro groups is 1. The Hall–Kier alpha value is -1.59. The van der Waals surface area contributed by atoms with Crippen LogP contribution in [0.3, 0.4) is 0 Å². The van der Waals surface area contributed by atoms with E-state index in [4.69, 9.17) is 0 Å². The standard InChI is InChI=1S/C8H12N4O2/c1-8(2-3-8)5-9-6-4-10-11-7(6)12(13)14/h4,9H,2-3,5H2,1H3,(H,10,11). The number of hydrogen-bond donors (Lipinski definition) is 2. The Bertz CT molecular complexity index is 356. The molecule has 2 rings (SSSR count). The van der Waals surface area contributed by atoms with Crippen LogP contribution in [0.15, 0.2) is 6.20 Å². The molecule has 1 fully saturated rings. The first-order valence-electron chi connectivity index (χ1n) is 4.52. The number of H-pyrrole nitrogens is 1. The number of nitrogens with one attached hydrogen (secondary N) is 2. The lowest BCUT2D eigenvalue weighted by Gasteiger charge is -2.08. The lowest BCUT2D eigenvalue weighted by molar-refractivity contribution is -0.388. The molecule has 6 heteroatoms. The van der Waals surface area contributed by atoms with Gasteiger partial charge in [0.15, 0.2) is 5.69 Å². The summed E-state index contributed by atoms with van der Waals surface area (Å²) in [7, 11) is 0. The lowest BCUT2D eigenvalue weighted by atomic mass is 10.1. The molecule has 1 aromatic rings. The maximum absolute atomic E-state index is 10.5. The largest absolute Gasteiger partial charge is 0.376 e. The maximum atomic E-state index is 10.5. The smallest absolute Gasteiger partial charge is 0.366 e. The van der Waals surface area contributed by atoms with Crippen LogP contribution in [-0.2, 0) is 0 Å². The third kappa shape index (κ3) is 1.68. The van der Waals surface area contributed by atoms with Crippen LogP contribution in [0.5, 0.6) is 0 Å². The molecule has 0 unspecified atom stereocenters. The van der Waals surface area contributed by atoms with Crippen molar-refractivity contribution in [1.82, 2.24) is 10.2 Å². The predicted octanol–water partition coefficient (Wildman–Crippen LogP) is 1.53. The normalized spacial score (nSPS) is 17.8. The van der Waals surface area contributed by atoms with Crippen LogP contribution in [-0.4, -0.2) is 21.7 Å². The molecular formula is C8H12N4O2. The summed E-state index contributed by atoms with van der Waals surface area (Å²) < 4.78 is 0. The van der Waals surface area contributed by atoms with Crippen LogP contribution < -0.4 is 5.32 Å². The van der Waals surface area contributed by atoms with Crippen molar-refractivity contribution in [3.05, 3.63) is 16.3 Å². The van der Waals surface area contributed by atoms with E-state index in [9.17, 15) is 10.1 Å². The number of aromatic amines is 1. The van der Waals surface area contributed by atoms with E-state index in [-0.39, 0.29) is 5.82 Å². The summed E-state index contributed by atoms with van der Waals surface area (Å²) in [4.78, 5) is 10.0. The zero-order chi connectivity index (χ0) is 10.2. The summed E-state index contributed by atoms with van der Waals surface area (Å²) in [6, 6.07) is 0. The molecule has 6 nitrogen and oxygen atoms in total. The van der Waals surface area contributed by atoms with E-state index < -0.39 is 4.92 Å². The van der Waals surface area contributed by atoms with Crippen LogP contribution in [0, 0.1) is 15.5 Å². The molecule has 1 aliphatic carbocycles.